The molecular formula is C15H23NO3. The van der Waals surface area contributed by atoms with E-state index in [1.807, 2.05) is 0 Å². The molecule has 106 valence electrons. The normalized spacial score (nSPS) is 27.7. The lowest BCUT2D eigenvalue weighted by Crippen LogP contribution is -2.56. The topological polar surface area (TPSA) is 49.8 Å². The second-order valence-electron chi connectivity index (χ2n) is 5.49. The molecule has 1 aliphatic carbocycles. The molecule has 0 radical (unpaired) electrons. The van der Waals surface area contributed by atoms with Gasteiger partial charge in [-0.3, -0.25) is 4.90 Å². The standard InChI is InChI=1S/C15H23NO3/c1-3-8-13(15(18)9-6-5-7-10-15)16-12(4-2)11-19-14(16)17/h3-4,12-13,18H,1-2,5-11H2/t12-,13-/m0/s1. The van der Waals surface area contributed by atoms with Crippen LogP contribution in [0.2, 0.25) is 0 Å². The van der Waals surface area contributed by atoms with Gasteiger partial charge >= 0.3 is 6.09 Å². The van der Waals surface area contributed by atoms with Gasteiger partial charge in [-0.05, 0) is 19.3 Å². The molecule has 0 aromatic rings. The summed E-state index contributed by atoms with van der Waals surface area (Å²) in [6.45, 7) is 7.84. The van der Waals surface area contributed by atoms with E-state index < -0.39 is 5.60 Å². The van der Waals surface area contributed by atoms with Crippen LogP contribution in [0.4, 0.5) is 4.79 Å². The molecule has 0 spiro atoms. The summed E-state index contributed by atoms with van der Waals surface area (Å²) in [5.74, 6) is 0. The van der Waals surface area contributed by atoms with Crippen LogP contribution in [0.25, 0.3) is 0 Å². The van der Waals surface area contributed by atoms with E-state index in [9.17, 15) is 9.90 Å². The largest absolute Gasteiger partial charge is 0.447 e. The van der Waals surface area contributed by atoms with Crippen LogP contribution in [-0.4, -0.2) is 40.4 Å². The maximum Gasteiger partial charge on any atom is 0.410 e. The molecule has 19 heavy (non-hydrogen) atoms. The number of cyclic esters (lactones) is 1. The number of amides is 1. The molecule has 4 heteroatoms. The van der Waals surface area contributed by atoms with Gasteiger partial charge in [-0.25, -0.2) is 4.79 Å². The molecule has 2 rings (SSSR count). The fourth-order valence-electron chi connectivity index (χ4n) is 3.23. The average Bonchev–Trinajstić information content (AvgIpc) is 2.77. The van der Waals surface area contributed by atoms with Crippen molar-refractivity contribution in [3.05, 3.63) is 25.3 Å². The van der Waals surface area contributed by atoms with Gasteiger partial charge in [-0.15, -0.1) is 13.2 Å². The molecule has 1 saturated carbocycles. The first-order valence-electron chi connectivity index (χ1n) is 7.03. The summed E-state index contributed by atoms with van der Waals surface area (Å²) in [5.41, 5.74) is -0.822. The van der Waals surface area contributed by atoms with Gasteiger partial charge in [0.15, 0.2) is 0 Å². The number of rotatable bonds is 5. The zero-order valence-corrected chi connectivity index (χ0v) is 11.4. The lowest BCUT2D eigenvalue weighted by atomic mass is 9.77. The molecule has 1 saturated heterocycles. The predicted octanol–water partition coefficient (Wildman–Crippen LogP) is 2.63. The van der Waals surface area contributed by atoms with Crippen LogP contribution >= 0.6 is 0 Å². The first-order valence-corrected chi connectivity index (χ1v) is 7.03. The van der Waals surface area contributed by atoms with Crippen molar-refractivity contribution in [2.75, 3.05) is 6.61 Å². The van der Waals surface area contributed by atoms with Crippen molar-refractivity contribution in [3.63, 3.8) is 0 Å². The first kappa shape index (κ1) is 14.1. The molecule has 2 atom stereocenters. The molecule has 1 N–H and O–H groups in total. The molecule has 0 aromatic carbocycles. The van der Waals surface area contributed by atoms with Crippen LogP contribution in [0.3, 0.4) is 0 Å². The van der Waals surface area contributed by atoms with Crippen LogP contribution in [0.15, 0.2) is 25.3 Å². The molecule has 4 nitrogen and oxygen atoms in total. The van der Waals surface area contributed by atoms with Crippen molar-refractivity contribution in [3.8, 4) is 0 Å². The van der Waals surface area contributed by atoms with Gasteiger partial charge in [0.1, 0.15) is 6.61 Å². The Morgan fingerprint density at radius 1 is 1.42 bits per heavy atom. The van der Waals surface area contributed by atoms with Gasteiger partial charge in [-0.1, -0.05) is 31.4 Å². The van der Waals surface area contributed by atoms with Crippen LogP contribution in [0, 0.1) is 0 Å². The number of carbonyl (C=O) groups is 1. The maximum atomic E-state index is 12.0. The summed E-state index contributed by atoms with van der Waals surface area (Å²) in [7, 11) is 0. The molecule has 0 unspecified atom stereocenters. The molecule has 2 fully saturated rings. The Morgan fingerprint density at radius 3 is 2.68 bits per heavy atom. The fourth-order valence-corrected chi connectivity index (χ4v) is 3.23. The summed E-state index contributed by atoms with van der Waals surface area (Å²) >= 11 is 0. The zero-order chi connectivity index (χ0) is 13.9. The van der Waals surface area contributed by atoms with Crippen molar-refractivity contribution >= 4 is 6.09 Å². The Bertz CT molecular complexity index is 360. The van der Waals surface area contributed by atoms with E-state index in [0.717, 1.165) is 32.1 Å². The first-order chi connectivity index (χ1) is 9.12. The van der Waals surface area contributed by atoms with Crippen LogP contribution in [-0.2, 0) is 4.74 Å². The van der Waals surface area contributed by atoms with Crippen molar-refractivity contribution in [2.45, 2.75) is 56.2 Å². The second-order valence-corrected chi connectivity index (χ2v) is 5.49. The Labute approximate surface area is 114 Å². The number of ether oxygens (including phenoxy) is 1. The number of hydrogen-bond donors (Lipinski definition) is 1. The number of aliphatic hydroxyl groups is 1. The average molecular weight is 265 g/mol. The third-order valence-corrected chi connectivity index (χ3v) is 4.28. The monoisotopic (exact) mass is 265 g/mol. The highest BCUT2D eigenvalue weighted by Crippen LogP contribution is 2.37. The molecule has 1 heterocycles. The third-order valence-electron chi connectivity index (χ3n) is 4.28. The summed E-state index contributed by atoms with van der Waals surface area (Å²) < 4.78 is 5.10. The van der Waals surface area contributed by atoms with Gasteiger partial charge in [0.25, 0.3) is 0 Å². The van der Waals surface area contributed by atoms with Gasteiger partial charge in [-0.2, -0.15) is 0 Å². The highest BCUT2D eigenvalue weighted by Gasteiger charge is 2.46. The van der Waals surface area contributed by atoms with E-state index in [2.05, 4.69) is 13.2 Å². The van der Waals surface area contributed by atoms with E-state index in [-0.39, 0.29) is 18.2 Å². The molecule has 1 aliphatic heterocycles. The van der Waals surface area contributed by atoms with Gasteiger partial charge in [0.05, 0.1) is 17.7 Å². The minimum Gasteiger partial charge on any atom is -0.447 e. The molecule has 0 bridgehead atoms. The Kier molecular flexibility index (Phi) is 4.30. The van der Waals surface area contributed by atoms with E-state index in [4.69, 9.17) is 4.74 Å². The maximum absolute atomic E-state index is 12.0. The lowest BCUT2D eigenvalue weighted by molar-refractivity contribution is -0.0613. The van der Waals surface area contributed by atoms with Crippen molar-refractivity contribution in [2.24, 2.45) is 0 Å². The third kappa shape index (κ3) is 2.68. The number of nitrogens with zero attached hydrogens (tertiary/aromatic N) is 1. The van der Waals surface area contributed by atoms with E-state index >= 15 is 0 Å². The highest BCUT2D eigenvalue weighted by molar-refractivity contribution is 5.71. The Morgan fingerprint density at radius 2 is 2.11 bits per heavy atom. The Balaban J connectivity index is 2.25. The van der Waals surface area contributed by atoms with Crippen LogP contribution in [0.1, 0.15) is 38.5 Å². The van der Waals surface area contributed by atoms with E-state index in [0.29, 0.717) is 13.0 Å². The summed E-state index contributed by atoms with van der Waals surface area (Å²) in [6.07, 6.45) is 8.34. The van der Waals surface area contributed by atoms with Crippen LogP contribution in [0.5, 0.6) is 0 Å². The highest BCUT2D eigenvalue weighted by atomic mass is 16.6. The smallest absolute Gasteiger partial charge is 0.410 e. The Hall–Kier alpha value is -1.29. The van der Waals surface area contributed by atoms with Gasteiger partial charge in [0.2, 0.25) is 0 Å². The SMILES string of the molecule is C=CC[C@H](N1C(=O)OC[C@@H]1C=C)C1(O)CCCCC1. The summed E-state index contributed by atoms with van der Waals surface area (Å²) in [5, 5.41) is 10.9. The fraction of sp³-hybridized carbons (Fsp3) is 0.667. The van der Waals surface area contributed by atoms with Crippen LogP contribution < -0.4 is 0 Å². The van der Waals surface area contributed by atoms with Gasteiger partial charge < -0.3 is 9.84 Å². The lowest BCUT2D eigenvalue weighted by Gasteiger charge is -2.43. The zero-order valence-electron chi connectivity index (χ0n) is 11.4. The quantitative estimate of drug-likeness (QED) is 0.777. The molecule has 2 aliphatic rings. The summed E-state index contributed by atoms with van der Waals surface area (Å²) in [6, 6.07) is -0.410. The van der Waals surface area contributed by atoms with Gasteiger partial charge in [0, 0.05) is 0 Å². The minimum absolute atomic E-state index is 0.150. The summed E-state index contributed by atoms with van der Waals surface area (Å²) in [4.78, 5) is 13.6. The second kappa shape index (κ2) is 5.78. The van der Waals surface area contributed by atoms with Crippen molar-refractivity contribution in [1.29, 1.82) is 0 Å². The van der Waals surface area contributed by atoms with E-state index in [1.54, 1.807) is 17.1 Å². The number of hydrogen-bond acceptors (Lipinski definition) is 3. The molecular weight excluding hydrogens is 242 g/mol. The van der Waals surface area contributed by atoms with Crippen molar-refractivity contribution < 1.29 is 14.6 Å². The van der Waals surface area contributed by atoms with E-state index in [1.165, 1.54) is 0 Å². The molecule has 1 amide bonds. The predicted molar refractivity (Wildman–Crippen MR) is 73.8 cm³/mol. The minimum atomic E-state index is -0.822. The number of carbonyl (C=O) groups excluding carboxylic acids is 1. The van der Waals surface area contributed by atoms with Crippen molar-refractivity contribution in [1.82, 2.24) is 4.90 Å². The molecule has 0 aromatic heterocycles.